The van der Waals surface area contributed by atoms with Gasteiger partial charge in [-0.2, -0.15) is 4.37 Å². The van der Waals surface area contributed by atoms with Crippen molar-refractivity contribution in [1.82, 2.24) is 9.36 Å². The van der Waals surface area contributed by atoms with Crippen molar-refractivity contribution in [3.8, 4) is 0 Å². The van der Waals surface area contributed by atoms with E-state index >= 15 is 0 Å². The third-order valence-electron chi connectivity index (χ3n) is 2.64. The Morgan fingerprint density at radius 2 is 2.36 bits per heavy atom. The van der Waals surface area contributed by atoms with Gasteiger partial charge in [0, 0.05) is 5.75 Å². The van der Waals surface area contributed by atoms with Crippen LogP contribution in [0.3, 0.4) is 0 Å². The zero-order valence-corrected chi connectivity index (χ0v) is 9.96. The molecule has 0 aliphatic heterocycles. The van der Waals surface area contributed by atoms with E-state index in [0.717, 1.165) is 23.1 Å². The first-order valence-electron chi connectivity index (χ1n) is 4.87. The predicted molar refractivity (Wildman–Crippen MR) is 60.7 cm³/mol. The Balaban J connectivity index is 1.82. The highest BCUT2D eigenvalue weighted by Gasteiger charge is 2.41. The maximum Gasteiger partial charge on any atom is 0.170 e. The SMILES string of the molecule is Cc1nsc(SCC2(CCN)CC2)n1. The lowest BCUT2D eigenvalue weighted by atomic mass is 10.1. The molecule has 2 N–H and O–H groups in total. The molecule has 1 heterocycles. The minimum absolute atomic E-state index is 0.541. The van der Waals surface area contributed by atoms with Gasteiger partial charge < -0.3 is 5.73 Å². The van der Waals surface area contributed by atoms with Crippen LogP contribution in [0.4, 0.5) is 0 Å². The molecular formula is C9H15N3S2. The molecule has 0 atom stereocenters. The van der Waals surface area contributed by atoms with E-state index in [0.29, 0.717) is 5.41 Å². The Morgan fingerprint density at radius 1 is 1.57 bits per heavy atom. The summed E-state index contributed by atoms with van der Waals surface area (Å²) in [4.78, 5) is 4.34. The minimum atomic E-state index is 0.541. The van der Waals surface area contributed by atoms with Crippen LogP contribution >= 0.6 is 23.3 Å². The topological polar surface area (TPSA) is 51.8 Å². The number of hydrogen-bond acceptors (Lipinski definition) is 5. The van der Waals surface area contributed by atoms with Crippen molar-refractivity contribution in [2.45, 2.75) is 30.5 Å². The molecule has 0 radical (unpaired) electrons. The molecule has 1 saturated carbocycles. The van der Waals surface area contributed by atoms with E-state index in [2.05, 4.69) is 9.36 Å². The molecule has 0 amide bonds. The van der Waals surface area contributed by atoms with Crippen molar-refractivity contribution in [3.63, 3.8) is 0 Å². The lowest BCUT2D eigenvalue weighted by molar-refractivity contribution is 0.537. The maximum absolute atomic E-state index is 5.59. The van der Waals surface area contributed by atoms with E-state index in [4.69, 9.17) is 5.73 Å². The molecule has 1 aliphatic rings. The normalized spacial score (nSPS) is 18.4. The molecule has 0 bridgehead atoms. The molecule has 2 rings (SSSR count). The van der Waals surface area contributed by atoms with E-state index < -0.39 is 0 Å². The van der Waals surface area contributed by atoms with Gasteiger partial charge in [-0.3, -0.25) is 0 Å². The fourth-order valence-corrected chi connectivity index (χ4v) is 3.48. The summed E-state index contributed by atoms with van der Waals surface area (Å²) in [6.45, 7) is 2.75. The summed E-state index contributed by atoms with van der Waals surface area (Å²) in [5, 5.41) is 0. The average molecular weight is 229 g/mol. The molecule has 5 heteroatoms. The Labute approximate surface area is 92.7 Å². The fourth-order valence-electron chi connectivity index (χ4n) is 1.50. The lowest BCUT2D eigenvalue weighted by Crippen LogP contribution is -2.11. The monoisotopic (exact) mass is 229 g/mol. The quantitative estimate of drug-likeness (QED) is 0.785. The molecule has 0 unspecified atom stereocenters. The summed E-state index contributed by atoms with van der Waals surface area (Å²) in [6, 6.07) is 0. The summed E-state index contributed by atoms with van der Waals surface area (Å²) in [5.41, 5.74) is 6.13. The second-order valence-electron chi connectivity index (χ2n) is 3.93. The van der Waals surface area contributed by atoms with Crippen LogP contribution in [-0.2, 0) is 0 Å². The summed E-state index contributed by atoms with van der Waals surface area (Å²) in [6.07, 6.45) is 3.85. The zero-order chi connectivity index (χ0) is 10.0. The van der Waals surface area contributed by atoms with Crippen LogP contribution in [0.2, 0.25) is 0 Å². The molecule has 0 spiro atoms. The van der Waals surface area contributed by atoms with Crippen molar-refractivity contribution in [2.24, 2.45) is 11.1 Å². The highest BCUT2D eigenvalue weighted by molar-refractivity contribution is 8.00. The number of hydrogen-bond donors (Lipinski definition) is 1. The fraction of sp³-hybridized carbons (Fsp3) is 0.778. The number of thioether (sulfide) groups is 1. The van der Waals surface area contributed by atoms with Crippen LogP contribution in [0.25, 0.3) is 0 Å². The van der Waals surface area contributed by atoms with Crippen LogP contribution < -0.4 is 5.73 Å². The van der Waals surface area contributed by atoms with Gasteiger partial charge >= 0.3 is 0 Å². The van der Waals surface area contributed by atoms with Gasteiger partial charge in [0.25, 0.3) is 0 Å². The Bertz CT molecular complexity index is 307. The van der Waals surface area contributed by atoms with E-state index in [-0.39, 0.29) is 0 Å². The Morgan fingerprint density at radius 3 is 2.86 bits per heavy atom. The molecule has 3 nitrogen and oxygen atoms in total. The zero-order valence-electron chi connectivity index (χ0n) is 8.32. The first kappa shape index (κ1) is 10.4. The molecule has 1 fully saturated rings. The van der Waals surface area contributed by atoms with Crippen LogP contribution in [0.5, 0.6) is 0 Å². The lowest BCUT2D eigenvalue weighted by Gasteiger charge is -2.10. The molecule has 0 aromatic carbocycles. The van der Waals surface area contributed by atoms with Gasteiger partial charge in [0.05, 0.1) is 0 Å². The molecule has 14 heavy (non-hydrogen) atoms. The molecular weight excluding hydrogens is 214 g/mol. The van der Waals surface area contributed by atoms with Crippen LogP contribution in [-0.4, -0.2) is 21.7 Å². The van der Waals surface area contributed by atoms with Crippen molar-refractivity contribution in [3.05, 3.63) is 5.82 Å². The molecule has 1 aromatic rings. The second-order valence-corrected chi connectivity index (χ2v) is 5.91. The first-order chi connectivity index (χ1) is 6.74. The number of rotatable bonds is 5. The number of nitrogens with zero attached hydrogens (tertiary/aromatic N) is 2. The van der Waals surface area contributed by atoms with Gasteiger partial charge in [-0.05, 0) is 49.7 Å². The van der Waals surface area contributed by atoms with Gasteiger partial charge in [-0.1, -0.05) is 11.8 Å². The molecule has 1 aromatic heterocycles. The summed E-state index contributed by atoms with van der Waals surface area (Å²) in [7, 11) is 0. The maximum atomic E-state index is 5.59. The van der Waals surface area contributed by atoms with Crippen LogP contribution in [0, 0.1) is 12.3 Å². The summed E-state index contributed by atoms with van der Waals surface area (Å²) < 4.78 is 5.27. The second kappa shape index (κ2) is 4.16. The highest BCUT2D eigenvalue weighted by atomic mass is 32.2. The predicted octanol–water partition coefficient (Wildman–Crippen LogP) is 2.07. The minimum Gasteiger partial charge on any atom is -0.330 e. The van der Waals surface area contributed by atoms with Crippen molar-refractivity contribution in [2.75, 3.05) is 12.3 Å². The van der Waals surface area contributed by atoms with E-state index in [1.807, 2.05) is 18.7 Å². The largest absolute Gasteiger partial charge is 0.330 e. The van der Waals surface area contributed by atoms with Gasteiger partial charge in [0.1, 0.15) is 5.82 Å². The number of aromatic nitrogens is 2. The standard InChI is InChI=1S/C9H15N3S2/c1-7-11-8(14-12-7)13-6-9(2-3-9)4-5-10/h2-6,10H2,1H3. The van der Waals surface area contributed by atoms with Gasteiger partial charge in [0.2, 0.25) is 0 Å². The summed E-state index contributed by atoms with van der Waals surface area (Å²) in [5.74, 6) is 2.06. The van der Waals surface area contributed by atoms with E-state index in [9.17, 15) is 0 Å². The molecule has 1 aliphatic carbocycles. The average Bonchev–Trinajstić information content (AvgIpc) is 2.80. The van der Waals surface area contributed by atoms with E-state index in [1.54, 1.807) is 0 Å². The first-order valence-corrected chi connectivity index (χ1v) is 6.63. The molecule has 0 saturated heterocycles. The Hall–Kier alpha value is -0.130. The smallest absolute Gasteiger partial charge is 0.170 e. The highest BCUT2D eigenvalue weighted by Crippen LogP contribution is 2.51. The van der Waals surface area contributed by atoms with Gasteiger partial charge in [0.15, 0.2) is 4.34 Å². The van der Waals surface area contributed by atoms with Crippen LogP contribution in [0.1, 0.15) is 25.1 Å². The number of aryl methyl sites for hydroxylation is 1. The third kappa shape index (κ3) is 2.46. The van der Waals surface area contributed by atoms with Crippen molar-refractivity contribution in [1.29, 1.82) is 0 Å². The van der Waals surface area contributed by atoms with Gasteiger partial charge in [-0.25, -0.2) is 4.98 Å². The molecule has 78 valence electrons. The Kier molecular flexibility index (Phi) is 3.09. The third-order valence-corrected chi connectivity index (χ3v) is 4.92. The van der Waals surface area contributed by atoms with Crippen molar-refractivity contribution >= 4 is 23.3 Å². The van der Waals surface area contributed by atoms with Crippen molar-refractivity contribution < 1.29 is 0 Å². The number of nitrogens with two attached hydrogens (primary N) is 1. The van der Waals surface area contributed by atoms with Gasteiger partial charge in [-0.15, -0.1) is 0 Å². The van der Waals surface area contributed by atoms with Crippen LogP contribution in [0.15, 0.2) is 4.34 Å². The summed E-state index contributed by atoms with van der Waals surface area (Å²) >= 11 is 3.35. The van der Waals surface area contributed by atoms with E-state index in [1.165, 1.54) is 30.1 Å².